The lowest BCUT2D eigenvalue weighted by molar-refractivity contribution is -0.116. The molecule has 0 aliphatic rings. The lowest BCUT2D eigenvalue weighted by Crippen LogP contribution is -2.24. The molecule has 7 nitrogen and oxygen atoms in total. The molecule has 0 unspecified atom stereocenters. The highest BCUT2D eigenvalue weighted by Crippen LogP contribution is 2.30. The van der Waals surface area contributed by atoms with Crippen molar-refractivity contribution in [3.8, 4) is 17.6 Å². The summed E-state index contributed by atoms with van der Waals surface area (Å²) in [4.78, 5) is 24.4. The minimum absolute atomic E-state index is 0.0629. The highest BCUT2D eigenvalue weighted by molar-refractivity contribution is 6.01. The van der Waals surface area contributed by atoms with Crippen LogP contribution >= 0.6 is 0 Å². The third-order valence-corrected chi connectivity index (χ3v) is 4.10. The van der Waals surface area contributed by atoms with E-state index in [4.69, 9.17) is 13.9 Å². The molecule has 0 saturated heterocycles. The van der Waals surface area contributed by atoms with Crippen LogP contribution in [-0.2, 0) is 4.79 Å². The number of para-hydroxylation sites is 1. The Morgan fingerprint density at radius 1 is 1.20 bits per heavy atom. The zero-order valence-electron chi connectivity index (χ0n) is 16.2. The number of rotatable bonds is 7. The highest BCUT2D eigenvalue weighted by atomic mass is 16.6. The van der Waals surface area contributed by atoms with E-state index in [0.29, 0.717) is 11.1 Å². The number of carbonyl (C=O) groups is 2. The molecule has 1 heterocycles. The summed E-state index contributed by atoms with van der Waals surface area (Å²) >= 11 is 0. The molecule has 0 radical (unpaired) electrons. The topological polar surface area (TPSA) is 102 Å². The average Bonchev–Trinajstić information content (AvgIpc) is 3.21. The molecule has 150 valence electrons. The van der Waals surface area contributed by atoms with Crippen LogP contribution < -0.4 is 14.8 Å². The van der Waals surface area contributed by atoms with Crippen LogP contribution in [0.25, 0.3) is 17.0 Å². The minimum Gasteiger partial charge on any atom is -0.493 e. The van der Waals surface area contributed by atoms with Gasteiger partial charge in [0.05, 0.1) is 7.11 Å². The zero-order chi connectivity index (χ0) is 21.5. The van der Waals surface area contributed by atoms with Crippen LogP contribution in [0.15, 0.2) is 71.2 Å². The monoisotopic (exact) mass is 402 g/mol. The van der Waals surface area contributed by atoms with Gasteiger partial charge >= 0.3 is 5.97 Å². The van der Waals surface area contributed by atoms with Crippen molar-refractivity contribution in [3.05, 3.63) is 78.1 Å². The molecule has 0 atom stereocenters. The maximum Gasteiger partial charge on any atom is 0.379 e. The van der Waals surface area contributed by atoms with Gasteiger partial charge in [0.15, 0.2) is 11.5 Å². The SMILES string of the molecule is C=CCNC(=O)/C(C#N)=C/c1ccc(OC(=O)c2cc3ccccc3o2)c(OC)c1. The Bertz CT molecular complexity index is 1150. The van der Waals surface area contributed by atoms with Crippen molar-refractivity contribution in [2.45, 2.75) is 0 Å². The van der Waals surface area contributed by atoms with Crippen LogP contribution in [0.5, 0.6) is 11.5 Å². The van der Waals surface area contributed by atoms with Gasteiger partial charge in [0.1, 0.15) is 17.2 Å². The number of nitrogens with one attached hydrogen (secondary N) is 1. The molecule has 0 aliphatic heterocycles. The lowest BCUT2D eigenvalue weighted by Gasteiger charge is -2.09. The van der Waals surface area contributed by atoms with E-state index in [1.165, 1.54) is 25.3 Å². The van der Waals surface area contributed by atoms with Crippen LogP contribution in [0.3, 0.4) is 0 Å². The number of hydrogen-bond acceptors (Lipinski definition) is 6. The molecule has 1 N–H and O–H groups in total. The average molecular weight is 402 g/mol. The molecule has 0 aliphatic carbocycles. The van der Waals surface area contributed by atoms with Gasteiger partial charge in [-0.05, 0) is 35.9 Å². The number of esters is 1. The Labute approximate surface area is 172 Å². The second kappa shape index (κ2) is 9.26. The van der Waals surface area contributed by atoms with Gasteiger partial charge in [-0.2, -0.15) is 5.26 Å². The van der Waals surface area contributed by atoms with Crippen LogP contribution in [0.2, 0.25) is 0 Å². The number of nitrogens with zero attached hydrogens (tertiary/aromatic N) is 1. The number of furan rings is 1. The standard InChI is InChI=1S/C23H18N2O5/c1-3-10-25-22(26)17(14-24)11-15-8-9-19(20(12-15)28-2)30-23(27)21-13-16-6-4-5-7-18(16)29-21/h3-9,11-13H,1,10H2,2H3,(H,25,26)/b17-11+. The number of carbonyl (C=O) groups excluding carboxylic acids is 2. The van der Waals surface area contributed by atoms with E-state index < -0.39 is 11.9 Å². The largest absolute Gasteiger partial charge is 0.493 e. The molecule has 1 aromatic heterocycles. The van der Waals surface area contributed by atoms with E-state index in [1.807, 2.05) is 24.3 Å². The summed E-state index contributed by atoms with van der Waals surface area (Å²) < 4.78 is 16.2. The third kappa shape index (κ3) is 4.56. The number of nitriles is 1. The van der Waals surface area contributed by atoms with Crippen molar-refractivity contribution < 1.29 is 23.5 Å². The fraction of sp³-hybridized carbons (Fsp3) is 0.0870. The van der Waals surface area contributed by atoms with E-state index >= 15 is 0 Å². The quantitative estimate of drug-likeness (QED) is 0.212. The zero-order valence-corrected chi connectivity index (χ0v) is 16.2. The first kappa shape index (κ1) is 20.4. The van der Waals surface area contributed by atoms with E-state index in [1.54, 1.807) is 24.3 Å². The predicted octanol–water partition coefficient (Wildman–Crippen LogP) is 3.87. The first-order valence-corrected chi connectivity index (χ1v) is 8.95. The molecule has 1 amide bonds. The summed E-state index contributed by atoms with van der Waals surface area (Å²) in [6.45, 7) is 3.76. The first-order chi connectivity index (χ1) is 14.5. The van der Waals surface area contributed by atoms with Gasteiger partial charge in [-0.3, -0.25) is 4.79 Å². The minimum atomic E-state index is -0.672. The first-order valence-electron chi connectivity index (χ1n) is 8.95. The van der Waals surface area contributed by atoms with Crippen LogP contribution in [-0.4, -0.2) is 25.5 Å². The number of fused-ring (bicyclic) bond motifs is 1. The number of hydrogen-bond donors (Lipinski definition) is 1. The fourth-order valence-corrected chi connectivity index (χ4v) is 2.67. The Morgan fingerprint density at radius 3 is 2.70 bits per heavy atom. The van der Waals surface area contributed by atoms with E-state index in [-0.39, 0.29) is 29.4 Å². The summed E-state index contributed by atoms with van der Waals surface area (Å²) in [7, 11) is 1.42. The van der Waals surface area contributed by atoms with E-state index in [2.05, 4.69) is 11.9 Å². The predicted molar refractivity (Wildman–Crippen MR) is 111 cm³/mol. The Hall–Kier alpha value is -4.31. The van der Waals surface area contributed by atoms with Crippen molar-refractivity contribution in [1.82, 2.24) is 5.32 Å². The maximum absolute atomic E-state index is 12.5. The third-order valence-electron chi connectivity index (χ3n) is 4.10. The van der Waals surface area contributed by atoms with Crippen LogP contribution in [0, 0.1) is 11.3 Å². The van der Waals surface area contributed by atoms with Crippen molar-refractivity contribution in [2.24, 2.45) is 0 Å². The molecular formula is C23H18N2O5. The molecule has 2 aromatic carbocycles. The van der Waals surface area contributed by atoms with Gasteiger partial charge in [-0.25, -0.2) is 4.79 Å². The van der Waals surface area contributed by atoms with Crippen molar-refractivity contribution in [3.63, 3.8) is 0 Å². The number of ether oxygens (including phenoxy) is 2. The van der Waals surface area contributed by atoms with Crippen molar-refractivity contribution >= 4 is 28.9 Å². The smallest absolute Gasteiger partial charge is 0.379 e. The summed E-state index contributed by atoms with van der Waals surface area (Å²) in [5.41, 5.74) is 1.03. The molecule has 3 aromatic rings. The Balaban J connectivity index is 1.82. The molecule has 0 saturated carbocycles. The van der Waals surface area contributed by atoms with Gasteiger partial charge in [0.2, 0.25) is 5.76 Å². The molecule has 0 fully saturated rings. The van der Waals surface area contributed by atoms with Crippen molar-refractivity contribution in [2.75, 3.05) is 13.7 Å². The Kier molecular flexibility index (Phi) is 6.30. The van der Waals surface area contributed by atoms with Crippen LogP contribution in [0.4, 0.5) is 0 Å². The van der Waals surface area contributed by atoms with Gasteiger partial charge in [-0.1, -0.05) is 30.3 Å². The second-order valence-electron chi connectivity index (χ2n) is 6.12. The fourth-order valence-electron chi connectivity index (χ4n) is 2.67. The summed E-state index contributed by atoms with van der Waals surface area (Å²) in [6, 6.07) is 15.4. The van der Waals surface area contributed by atoms with Gasteiger partial charge in [0.25, 0.3) is 5.91 Å². The Morgan fingerprint density at radius 2 is 2.00 bits per heavy atom. The van der Waals surface area contributed by atoms with Crippen LogP contribution in [0.1, 0.15) is 16.1 Å². The number of methoxy groups -OCH3 is 1. The number of benzene rings is 2. The highest BCUT2D eigenvalue weighted by Gasteiger charge is 2.17. The molecule has 30 heavy (non-hydrogen) atoms. The van der Waals surface area contributed by atoms with Gasteiger partial charge in [-0.15, -0.1) is 6.58 Å². The van der Waals surface area contributed by atoms with E-state index in [9.17, 15) is 14.9 Å². The van der Waals surface area contributed by atoms with Gasteiger partial charge in [0, 0.05) is 11.9 Å². The molecular weight excluding hydrogens is 384 g/mol. The number of amides is 1. The summed E-state index contributed by atoms with van der Waals surface area (Å²) in [6.07, 6.45) is 2.92. The molecule has 3 rings (SSSR count). The van der Waals surface area contributed by atoms with Gasteiger partial charge < -0.3 is 19.2 Å². The molecule has 0 bridgehead atoms. The maximum atomic E-state index is 12.5. The summed E-state index contributed by atoms with van der Waals surface area (Å²) in [5, 5.41) is 12.6. The summed E-state index contributed by atoms with van der Waals surface area (Å²) in [5.74, 6) is -0.689. The van der Waals surface area contributed by atoms with E-state index in [0.717, 1.165) is 5.39 Å². The van der Waals surface area contributed by atoms with Crippen molar-refractivity contribution in [1.29, 1.82) is 5.26 Å². The molecule has 7 heteroatoms. The lowest BCUT2D eigenvalue weighted by atomic mass is 10.1. The second-order valence-corrected chi connectivity index (χ2v) is 6.12. The normalized spacial score (nSPS) is 10.9. The molecule has 0 spiro atoms.